The summed E-state index contributed by atoms with van der Waals surface area (Å²) in [6.07, 6.45) is 0.0260. The molecule has 8 heteroatoms. The van der Waals surface area contributed by atoms with Crippen LogP contribution in [0.2, 0.25) is 0 Å². The zero-order valence-corrected chi connectivity index (χ0v) is 12.1. The number of hydrogen-bond acceptors (Lipinski definition) is 5. The smallest absolute Gasteiger partial charge is 0.360 e. The van der Waals surface area contributed by atoms with Crippen LogP contribution in [0.15, 0.2) is 30.3 Å². The molecule has 0 saturated heterocycles. The molecule has 0 N–H and O–H groups in total. The molecule has 1 aromatic rings. The van der Waals surface area contributed by atoms with E-state index in [0.717, 1.165) is 0 Å². The van der Waals surface area contributed by atoms with Crippen molar-refractivity contribution in [2.24, 2.45) is 0 Å². The largest absolute Gasteiger partial charge is 0.443 e. The first kappa shape index (κ1) is 16.8. The van der Waals surface area contributed by atoms with Crippen molar-refractivity contribution in [1.29, 1.82) is 10.5 Å². The summed E-state index contributed by atoms with van der Waals surface area (Å²) in [5.41, 5.74) is 9.28. The van der Waals surface area contributed by atoms with Crippen molar-refractivity contribution in [3.05, 3.63) is 41.4 Å². The molecule has 108 valence electrons. The SMILES string of the molecule is N#CCCOP(=O)(OCCC#N)C(=[N+]=[N-])c1ccccc1. The van der Waals surface area contributed by atoms with E-state index in [9.17, 15) is 4.57 Å². The Balaban J connectivity index is 3.04. The Labute approximate surface area is 122 Å². The lowest BCUT2D eigenvalue weighted by molar-refractivity contribution is -0.00280. The Hall–Kier alpha value is -2.27. The van der Waals surface area contributed by atoms with Crippen LogP contribution in [0.5, 0.6) is 0 Å². The molecule has 1 rings (SSSR count). The van der Waals surface area contributed by atoms with Gasteiger partial charge in [0.25, 0.3) is 0 Å². The summed E-state index contributed by atoms with van der Waals surface area (Å²) in [7, 11) is -3.91. The maximum Gasteiger partial charge on any atom is 0.443 e. The predicted molar refractivity (Wildman–Crippen MR) is 74.1 cm³/mol. The highest BCUT2D eigenvalue weighted by atomic mass is 31.2. The summed E-state index contributed by atoms with van der Waals surface area (Å²) in [6, 6.07) is 12.0. The third-order valence-electron chi connectivity index (χ3n) is 2.34. The lowest BCUT2D eigenvalue weighted by Gasteiger charge is -2.13. The average Bonchev–Trinajstić information content (AvgIpc) is 2.50. The molecule has 0 amide bonds. The van der Waals surface area contributed by atoms with Crippen LogP contribution in [-0.4, -0.2) is 23.5 Å². The first-order valence-electron chi connectivity index (χ1n) is 6.09. The van der Waals surface area contributed by atoms with Gasteiger partial charge >= 0.3 is 13.0 Å². The van der Waals surface area contributed by atoms with Gasteiger partial charge in [0, 0.05) is 0 Å². The van der Waals surface area contributed by atoms with Crippen LogP contribution in [-0.2, 0) is 13.6 Å². The summed E-state index contributed by atoms with van der Waals surface area (Å²) in [4.78, 5) is 3.03. The molecule has 0 saturated carbocycles. The van der Waals surface area contributed by atoms with Crippen LogP contribution in [0.3, 0.4) is 0 Å². The first-order valence-corrected chi connectivity index (χ1v) is 7.63. The molecule has 0 aromatic heterocycles. The zero-order chi connectivity index (χ0) is 15.6. The normalized spacial score (nSPS) is 10.2. The maximum atomic E-state index is 12.7. The molecule has 0 aliphatic heterocycles. The van der Waals surface area contributed by atoms with Gasteiger partial charge in [-0.15, -0.1) is 0 Å². The van der Waals surface area contributed by atoms with Gasteiger partial charge in [-0.2, -0.15) is 15.3 Å². The van der Waals surface area contributed by atoms with Gasteiger partial charge in [0.2, 0.25) is 0 Å². The van der Waals surface area contributed by atoms with E-state index in [1.165, 1.54) is 0 Å². The molecule has 0 aliphatic carbocycles. The Morgan fingerprint density at radius 1 is 1.14 bits per heavy atom. The summed E-state index contributed by atoms with van der Waals surface area (Å²) < 4.78 is 23.0. The van der Waals surface area contributed by atoms with E-state index in [0.29, 0.717) is 5.56 Å². The zero-order valence-electron chi connectivity index (χ0n) is 11.2. The third-order valence-corrected chi connectivity index (χ3v) is 4.25. The Bertz CT molecular complexity index is 618. The molecular formula is C13H13N4O3P. The minimum Gasteiger partial charge on any atom is -0.360 e. The first-order chi connectivity index (χ1) is 10.2. The van der Waals surface area contributed by atoms with Crippen LogP contribution in [0.4, 0.5) is 0 Å². The van der Waals surface area contributed by atoms with Gasteiger partial charge in [-0.25, -0.2) is 4.57 Å². The van der Waals surface area contributed by atoms with E-state index >= 15 is 0 Å². The summed E-state index contributed by atoms with van der Waals surface area (Å²) in [5.74, 6) is 0. The molecule has 0 atom stereocenters. The molecule has 0 spiro atoms. The summed E-state index contributed by atoms with van der Waals surface area (Å²) in [6.45, 7) is -0.266. The van der Waals surface area contributed by atoms with Crippen LogP contribution < -0.4 is 0 Å². The average molecular weight is 304 g/mol. The number of benzene rings is 1. The number of rotatable bonds is 8. The maximum absolute atomic E-state index is 12.7. The van der Waals surface area contributed by atoms with Gasteiger partial charge in [-0.1, -0.05) is 18.2 Å². The van der Waals surface area contributed by atoms with E-state index < -0.39 is 7.60 Å². The van der Waals surface area contributed by atoms with Crippen molar-refractivity contribution >= 4 is 13.0 Å². The molecule has 0 heterocycles. The third kappa shape index (κ3) is 4.96. The summed E-state index contributed by atoms with van der Waals surface area (Å²) in [5, 5.41) is 17.0. The quantitative estimate of drug-likeness (QED) is 0.240. The molecule has 0 radical (unpaired) electrons. The second-order valence-electron chi connectivity index (χ2n) is 3.77. The highest BCUT2D eigenvalue weighted by molar-refractivity contribution is 7.72. The van der Waals surface area contributed by atoms with Crippen molar-refractivity contribution in [3.63, 3.8) is 0 Å². The standard InChI is InChI=1S/C13H13N4O3P/c14-8-4-10-19-21(18,20-11-5-9-15)13(17-16)12-6-2-1-3-7-12/h1-3,6-7H,4-5,10-11H2. The van der Waals surface area contributed by atoms with Crippen molar-refractivity contribution in [2.45, 2.75) is 12.8 Å². The van der Waals surface area contributed by atoms with E-state index in [2.05, 4.69) is 4.79 Å². The van der Waals surface area contributed by atoms with Crippen molar-refractivity contribution in [2.75, 3.05) is 13.2 Å². The van der Waals surface area contributed by atoms with Gasteiger partial charge in [0.15, 0.2) is 0 Å². The van der Waals surface area contributed by atoms with E-state index in [-0.39, 0.29) is 31.5 Å². The molecule has 1 aromatic carbocycles. The highest BCUT2D eigenvalue weighted by Gasteiger charge is 2.41. The number of nitriles is 2. The molecular weight excluding hydrogens is 291 g/mol. The van der Waals surface area contributed by atoms with Gasteiger partial charge in [-0.05, 0) is 12.1 Å². The van der Waals surface area contributed by atoms with Crippen molar-refractivity contribution < 1.29 is 18.4 Å². The number of nitrogens with zero attached hydrogens (tertiary/aromatic N) is 4. The Morgan fingerprint density at radius 2 is 1.67 bits per heavy atom. The second-order valence-corrected chi connectivity index (χ2v) is 5.70. The Morgan fingerprint density at radius 3 is 2.10 bits per heavy atom. The van der Waals surface area contributed by atoms with Gasteiger partial charge in [-0.3, -0.25) is 9.05 Å². The molecule has 7 nitrogen and oxygen atoms in total. The minimum absolute atomic E-state index is 0.0130. The van der Waals surface area contributed by atoms with Crippen molar-refractivity contribution in [1.82, 2.24) is 0 Å². The predicted octanol–water partition coefficient (Wildman–Crippen LogP) is 2.72. The topological polar surface area (TPSA) is 120 Å². The van der Waals surface area contributed by atoms with E-state index in [4.69, 9.17) is 25.1 Å². The van der Waals surface area contributed by atoms with Gasteiger partial charge in [0.1, 0.15) is 0 Å². The van der Waals surface area contributed by atoms with Crippen LogP contribution in [0, 0.1) is 22.7 Å². The fourth-order valence-electron chi connectivity index (χ4n) is 1.44. The fourth-order valence-corrected chi connectivity index (χ4v) is 3.00. The number of hydrogen-bond donors (Lipinski definition) is 0. The van der Waals surface area contributed by atoms with Crippen LogP contribution >= 0.6 is 7.60 Å². The monoisotopic (exact) mass is 304 g/mol. The lowest BCUT2D eigenvalue weighted by Crippen LogP contribution is -2.11. The minimum atomic E-state index is -3.91. The van der Waals surface area contributed by atoms with Crippen LogP contribution in [0.25, 0.3) is 5.53 Å². The molecule has 0 bridgehead atoms. The highest BCUT2D eigenvalue weighted by Crippen LogP contribution is 2.51. The molecule has 0 fully saturated rings. The van der Waals surface area contributed by atoms with E-state index in [1.807, 2.05) is 12.1 Å². The molecule has 0 aliphatic rings. The second kappa shape index (κ2) is 8.81. The van der Waals surface area contributed by atoms with Crippen molar-refractivity contribution in [3.8, 4) is 12.1 Å². The molecule has 21 heavy (non-hydrogen) atoms. The summed E-state index contributed by atoms with van der Waals surface area (Å²) >= 11 is 0. The van der Waals surface area contributed by atoms with Gasteiger partial charge in [0.05, 0.1) is 43.8 Å². The lowest BCUT2D eigenvalue weighted by atomic mass is 10.2. The van der Waals surface area contributed by atoms with E-state index in [1.54, 1.807) is 30.3 Å². The fraction of sp³-hybridized carbons (Fsp3) is 0.308. The Kier molecular flexibility index (Phi) is 7.04. The molecule has 0 unspecified atom stereocenters. The van der Waals surface area contributed by atoms with Crippen LogP contribution in [0.1, 0.15) is 18.4 Å². The van der Waals surface area contributed by atoms with Gasteiger partial charge < -0.3 is 5.53 Å².